The molecule has 0 bridgehead atoms. The normalized spacial score (nSPS) is 15.1. The van der Waals surface area contributed by atoms with Crippen molar-refractivity contribution in [1.82, 2.24) is 10.1 Å². The van der Waals surface area contributed by atoms with Crippen LogP contribution in [0.4, 0.5) is 0 Å². The van der Waals surface area contributed by atoms with Crippen molar-refractivity contribution in [3.05, 3.63) is 23.5 Å². The SMILES string of the molecule is CCCc1c(OCCCN2C(=O)CCC2=O)ccc2c(CC(C)(C)C)onc12. The first-order valence-electron chi connectivity index (χ1n) is 10.2. The first kappa shape index (κ1) is 20.4. The van der Waals surface area contributed by atoms with Gasteiger partial charge in [-0.2, -0.15) is 0 Å². The van der Waals surface area contributed by atoms with Crippen LogP contribution in [0.5, 0.6) is 5.75 Å². The van der Waals surface area contributed by atoms with Gasteiger partial charge in [-0.15, -0.1) is 0 Å². The van der Waals surface area contributed by atoms with Crippen LogP contribution in [-0.4, -0.2) is 35.0 Å². The van der Waals surface area contributed by atoms with Gasteiger partial charge < -0.3 is 9.26 Å². The van der Waals surface area contributed by atoms with E-state index in [2.05, 4.69) is 32.9 Å². The van der Waals surface area contributed by atoms with E-state index in [1.807, 2.05) is 12.1 Å². The molecule has 6 heteroatoms. The molecule has 2 amide bonds. The summed E-state index contributed by atoms with van der Waals surface area (Å²) in [5.41, 5.74) is 2.07. The van der Waals surface area contributed by atoms with Gasteiger partial charge in [-0.1, -0.05) is 39.3 Å². The Morgan fingerprint density at radius 3 is 2.54 bits per heavy atom. The third-order valence-electron chi connectivity index (χ3n) is 4.92. The number of aryl methyl sites for hydroxylation is 1. The lowest BCUT2D eigenvalue weighted by Crippen LogP contribution is -2.30. The molecule has 0 aliphatic carbocycles. The van der Waals surface area contributed by atoms with Gasteiger partial charge in [0, 0.05) is 36.8 Å². The summed E-state index contributed by atoms with van der Waals surface area (Å²) < 4.78 is 11.7. The maximum atomic E-state index is 11.7. The van der Waals surface area contributed by atoms with Crippen LogP contribution in [0.15, 0.2) is 16.7 Å². The van der Waals surface area contributed by atoms with Crippen molar-refractivity contribution >= 4 is 22.7 Å². The molecule has 1 aliphatic rings. The lowest BCUT2D eigenvalue weighted by atomic mass is 9.89. The summed E-state index contributed by atoms with van der Waals surface area (Å²) in [5, 5.41) is 5.40. The van der Waals surface area contributed by atoms with Crippen LogP contribution in [0, 0.1) is 5.41 Å². The molecular weight excluding hydrogens is 356 g/mol. The number of rotatable bonds is 8. The Labute approximate surface area is 166 Å². The Balaban J connectivity index is 1.71. The van der Waals surface area contributed by atoms with Gasteiger partial charge in [0.05, 0.1) is 6.61 Å². The van der Waals surface area contributed by atoms with Gasteiger partial charge in [-0.25, -0.2) is 0 Å². The lowest BCUT2D eigenvalue weighted by molar-refractivity contribution is -0.138. The van der Waals surface area contributed by atoms with E-state index < -0.39 is 0 Å². The first-order chi connectivity index (χ1) is 13.3. The molecule has 0 atom stereocenters. The third kappa shape index (κ3) is 4.54. The number of carbonyl (C=O) groups excluding carboxylic acids is 2. The molecule has 0 saturated carbocycles. The lowest BCUT2D eigenvalue weighted by Gasteiger charge is -2.16. The van der Waals surface area contributed by atoms with E-state index in [4.69, 9.17) is 9.26 Å². The number of nitrogens with zero attached hydrogens (tertiary/aromatic N) is 2. The summed E-state index contributed by atoms with van der Waals surface area (Å²) in [4.78, 5) is 24.7. The number of ether oxygens (including phenoxy) is 1. The summed E-state index contributed by atoms with van der Waals surface area (Å²) in [5.74, 6) is 1.57. The highest BCUT2D eigenvalue weighted by atomic mass is 16.5. The summed E-state index contributed by atoms with van der Waals surface area (Å²) in [6.07, 6.45) is 3.95. The molecule has 28 heavy (non-hydrogen) atoms. The van der Waals surface area contributed by atoms with Crippen molar-refractivity contribution in [2.45, 2.75) is 66.2 Å². The number of hydrogen-bond acceptors (Lipinski definition) is 5. The van der Waals surface area contributed by atoms with Crippen LogP contribution in [0.1, 0.15) is 64.7 Å². The van der Waals surface area contributed by atoms with Crippen LogP contribution in [0.25, 0.3) is 10.9 Å². The highest BCUT2D eigenvalue weighted by Crippen LogP contribution is 2.33. The Kier molecular flexibility index (Phi) is 6.06. The summed E-state index contributed by atoms with van der Waals surface area (Å²) in [6, 6.07) is 4.01. The van der Waals surface area contributed by atoms with Crippen molar-refractivity contribution < 1.29 is 18.8 Å². The van der Waals surface area contributed by atoms with Gasteiger partial charge in [-0.3, -0.25) is 14.5 Å². The molecule has 1 aromatic carbocycles. The van der Waals surface area contributed by atoms with Gasteiger partial charge in [0.2, 0.25) is 11.8 Å². The largest absolute Gasteiger partial charge is 0.493 e. The second-order valence-corrected chi connectivity index (χ2v) is 8.67. The van der Waals surface area contributed by atoms with E-state index in [1.54, 1.807) is 0 Å². The van der Waals surface area contributed by atoms with Crippen molar-refractivity contribution in [2.24, 2.45) is 5.41 Å². The van der Waals surface area contributed by atoms with Crippen molar-refractivity contribution in [3.63, 3.8) is 0 Å². The zero-order chi connectivity index (χ0) is 20.3. The molecule has 1 fully saturated rings. The minimum absolute atomic E-state index is 0.0768. The minimum atomic E-state index is -0.0768. The number of likely N-dealkylation sites (tertiary alicyclic amines) is 1. The molecule has 0 unspecified atom stereocenters. The second kappa shape index (κ2) is 8.33. The Morgan fingerprint density at radius 2 is 1.89 bits per heavy atom. The first-order valence-corrected chi connectivity index (χ1v) is 10.2. The molecule has 0 N–H and O–H groups in total. The fraction of sp³-hybridized carbons (Fsp3) is 0.591. The Bertz CT molecular complexity index is 847. The van der Waals surface area contributed by atoms with E-state index in [0.29, 0.717) is 32.4 Å². The minimum Gasteiger partial charge on any atom is -0.493 e. The molecule has 0 spiro atoms. The van der Waals surface area contributed by atoms with E-state index in [-0.39, 0.29) is 17.2 Å². The molecule has 1 aliphatic heterocycles. The van der Waals surface area contributed by atoms with Crippen molar-refractivity contribution in [3.8, 4) is 5.75 Å². The van der Waals surface area contributed by atoms with Crippen LogP contribution in [0.2, 0.25) is 0 Å². The average Bonchev–Trinajstić information content (AvgIpc) is 3.16. The number of carbonyl (C=O) groups is 2. The number of aromatic nitrogens is 1. The number of imide groups is 1. The molecule has 152 valence electrons. The van der Waals surface area contributed by atoms with Crippen LogP contribution >= 0.6 is 0 Å². The second-order valence-electron chi connectivity index (χ2n) is 8.67. The molecular formula is C22H30N2O4. The number of amides is 2. The molecule has 3 rings (SSSR count). The fourth-order valence-corrected chi connectivity index (χ4v) is 3.61. The average molecular weight is 386 g/mol. The summed E-state index contributed by atoms with van der Waals surface area (Å²) in [6.45, 7) is 9.54. The molecule has 6 nitrogen and oxygen atoms in total. The predicted octanol–water partition coefficient (Wildman–Crippen LogP) is 4.29. The smallest absolute Gasteiger partial charge is 0.229 e. The monoisotopic (exact) mass is 386 g/mol. The third-order valence-corrected chi connectivity index (χ3v) is 4.92. The van der Waals surface area contributed by atoms with Gasteiger partial charge in [0.1, 0.15) is 17.0 Å². The van der Waals surface area contributed by atoms with Crippen LogP contribution in [0.3, 0.4) is 0 Å². The number of benzene rings is 1. The summed E-state index contributed by atoms with van der Waals surface area (Å²) in [7, 11) is 0. The van der Waals surface area contributed by atoms with Gasteiger partial charge in [-0.05, 0) is 30.4 Å². The topological polar surface area (TPSA) is 72.6 Å². The number of hydrogen-bond donors (Lipinski definition) is 0. The summed E-state index contributed by atoms with van der Waals surface area (Å²) >= 11 is 0. The van der Waals surface area contributed by atoms with Crippen molar-refractivity contribution in [2.75, 3.05) is 13.2 Å². The maximum absolute atomic E-state index is 11.7. The molecule has 1 aromatic heterocycles. The van der Waals surface area contributed by atoms with Gasteiger partial charge in [0.25, 0.3) is 0 Å². The Morgan fingerprint density at radius 1 is 1.18 bits per heavy atom. The quantitative estimate of drug-likeness (QED) is 0.500. The predicted molar refractivity (Wildman–Crippen MR) is 107 cm³/mol. The van der Waals surface area contributed by atoms with E-state index >= 15 is 0 Å². The number of fused-ring (bicyclic) bond motifs is 1. The highest BCUT2D eigenvalue weighted by Gasteiger charge is 2.28. The molecule has 2 aromatic rings. The zero-order valence-corrected chi connectivity index (χ0v) is 17.3. The molecule has 1 saturated heterocycles. The highest BCUT2D eigenvalue weighted by molar-refractivity contribution is 6.01. The molecule has 2 heterocycles. The van der Waals surface area contributed by atoms with E-state index in [9.17, 15) is 9.59 Å². The standard InChI is InChI=1S/C22H30N2O4/c1-5-7-15-17(27-13-6-12-24-19(25)10-11-20(24)26)9-8-16-18(14-22(2,3)4)28-23-21(15)16/h8-9H,5-7,10-14H2,1-4H3. The fourth-order valence-electron chi connectivity index (χ4n) is 3.61. The molecule has 0 radical (unpaired) electrons. The van der Waals surface area contributed by atoms with Crippen molar-refractivity contribution in [1.29, 1.82) is 0 Å². The zero-order valence-electron chi connectivity index (χ0n) is 17.3. The van der Waals surface area contributed by atoms with Gasteiger partial charge >= 0.3 is 0 Å². The van der Waals surface area contributed by atoms with Crippen LogP contribution in [-0.2, 0) is 22.4 Å². The van der Waals surface area contributed by atoms with Gasteiger partial charge in [0.15, 0.2) is 0 Å². The Hall–Kier alpha value is -2.37. The maximum Gasteiger partial charge on any atom is 0.229 e. The van der Waals surface area contributed by atoms with Crippen LogP contribution < -0.4 is 4.74 Å². The van der Waals surface area contributed by atoms with E-state index in [1.165, 1.54) is 4.90 Å². The van der Waals surface area contributed by atoms with E-state index in [0.717, 1.165) is 47.2 Å².